The van der Waals surface area contributed by atoms with Crippen LogP contribution < -0.4 is 5.32 Å². The van der Waals surface area contributed by atoms with Crippen molar-refractivity contribution in [1.82, 2.24) is 0 Å². The van der Waals surface area contributed by atoms with Crippen molar-refractivity contribution >= 4 is 5.69 Å². The normalized spacial score (nSPS) is 9.53. The van der Waals surface area contributed by atoms with Gasteiger partial charge in [0.15, 0.2) is 0 Å². The third-order valence-electron chi connectivity index (χ3n) is 2.67. The Hall–Kier alpha value is -1.80. The van der Waals surface area contributed by atoms with Crippen LogP contribution >= 0.6 is 0 Å². The van der Waals surface area contributed by atoms with Gasteiger partial charge in [0.2, 0.25) is 0 Å². The van der Waals surface area contributed by atoms with E-state index in [1.807, 2.05) is 0 Å². The van der Waals surface area contributed by atoms with Crippen LogP contribution in [0.2, 0.25) is 0 Å². The Morgan fingerprint density at radius 2 is 1.29 bits per heavy atom. The van der Waals surface area contributed by atoms with Crippen molar-refractivity contribution < 1.29 is 6.90 Å². The molecule has 2 rings (SSSR count). The van der Waals surface area contributed by atoms with E-state index >= 15 is 0 Å². The molecule has 0 unspecified atom stereocenters. The maximum Gasteiger partial charge on any atom is 0.0400 e. The Kier molecular flexibility index (Phi) is 4.73. The molecule has 2 aromatic rings. The smallest absolute Gasteiger partial charge is 0.0400 e. The summed E-state index contributed by atoms with van der Waals surface area (Å²) in [5.41, 5.74) is 5.08. The molecule has 0 aliphatic carbocycles. The fourth-order valence-corrected chi connectivity index (χ4v) is 1.58. The molecule has 0 saturated heterocycles. The van der Waals surface area contributed by atoms with Crippen molar-refractivity contribution in [1.29, 1.82) is 0 Å². The Labute approximate surface area is 104 Å². The summed E-state index contributed by atoms with van der Waals surface area (Å²) in [6.07, 6.45) is 0. The van der Waals surface area contributed by atoms with Crippen molar-refractivity contribution in [2.45, 2.75) is 20.4 Å². The van der Waals surface area contributed by atoms with Gasteiger partial charge in [0, 0.05) is 13.7 Å². The maximum absolute atomic E-state index is 3.41. The predicted molar refractivity (Wildman–Crippen MR) is 75.4 cm³/mol. The third-order valence-corrected chi connectivity index (χ3v) is 2.67. The summed E-state index contributed by atoms with van der Waals surface area (Å²) in [4.78, 5) is 0. The average Bonchev–Trinajstić information content (AvgIpc) is 2.30. The quantitative estimate of drug-likeness (QED) is 0.865. The first kappa shape index (κ1) is 13.3. The van der Waals surface area contributed by atoms with E-state index in [1.165, 1.54) is 22.4 Å². The van der Waals surface area contributed by atoms with Crippen LogP contribution in [-0.2, 0) is 6.54 Å². The average molecular weight is 231 g/mol. The second-order valence-electron chi connectivity index (χ2n) is 4.21. The highest BCUT2D eigenvalue weighted by atomic mass is 16.0. The highest BCUT2D eigenvalue weighted by Gasteiger charge is 1.93. The van der Waals surface area contributed by atoms with Crippen LogP contribution in [0.25, 0.3) is 0 Å². The van der Waals surface area contributed by atoms with E-state index in [1.54, 1.807) is 0 Å². The number of benzene rings is 2. The van der Waals surface area contributed by atoms with E-state index in [0.29, 0.717) is 0 Å². The zero-order valence-corrected chi connectivity index (χ0v) is 10.3. The van der Waals surface area contributed by atoms with E-state index in [2.05, 4.69) is 67.7 Å². The van der Waals surface area contributed by atoms with Crippen molar-refractivity contribution in [2.24, 2.45) is 0 Å². The lowest BCUT2D eigenvalue weighted by Gasteiger charge is -2.07. The molecule has 0 amide bonds. The summed E-state index contributed by atoms with van der Waals surface area (Å²) in [5, 5.41) is 3.41. The number of hydrogen-bond acceptors (Lipinski definition) is 1. The minimum Gasteiger partial charge on any atom is -0.412 e. The highest BCUT2D eigenvalue weighted by molar-refractivity contribution is 5.45. The summed E-state index contributed by atoms with van der Waals surface area (Å²) in [6, 6.07) is 17.1. The van der Waals surface area contributed by atoms with Crippen LogP contribution in [0.5, 0.6) is 0 Å². The second-order valence-corrected chi connectivity index (χ2v) is 4.21. The summed E-state index contributed by atoms with van der Waals surface area (Å²) in [6.45, 7) is 5.09. The van der Waals surface area contributed by atoms with Crippen LogP contribution in [0.3, 0.4) is 0 Å². The van der Waals surface area contributed by atoms with Gasteiger partial charge in [-0.1, -0.05) is 47.5 Å². The molecule has 0 heterocycles. The van der Waals surface area contributed by atoms with Gasteiger partial charge in [-0.15, -0.1) is 0 Å². The van der Waals surface area contributed by atoms with Crippen LogP contribution in [0.4, 0.5) is 5.69 Å². The van der Waals surface area contributed by atoms with E-state index in [9.17, 15) is 0 Å². The molecule has 92 valence electrons. The number of hydrogen-bond donors (Lipinski definition) is 1. The number of nitrogens with one attached hydrogen (secondary N) is 1. The largest absolute Gasteiger partial charge is 0.412 e. The van der Waals surface area contributed by atoms with Gasteiger partial charge in [-0.3, -0.25) is 0 Å². The van der Waals surface area contributed by atoms with Gasteiger partial charge in [-0.2, -0.15) is 0 Å². The zero-order valence-electron chi connectivity index (χ0n) is 10.3. The molecule has 0 aliphatic rings. The summed E-state index contributed by atoms with van der Waals surface area (Å²) in [7, 11) is 0. The van der Waals surface area contributed by atoms with E-state index in [4.69, 9.17) is 0 Å². The summed E-state index contributed by atoms with van der Waals surface area (Å²) in [5.74, 6) is 0. The molecule has 0 radical (unpaired) electrons. The lowest BCUT2D eigenvalue weighted by atomic mass is 10.1. The molecule has 0 fully saturated rings. The Bertz CT molecular complexity index is 405. The second kappa shape index (κ2) is 6.06. The first-order valence-electron chi connectivity index (χ1n) is 5.60. The zero-order chi connectivity index (χ0) is 11.4. The minimum atomic E-state index is 0. The third kappa shape index (κ3) is 3.93. The maximum atomic E-state index is 3.41. The van der Waals surface area contributed by atoms with Gasteiger partial charge in [0.25, 0.3) is 0 Å². The molecule has 0 aliphatic heterocycles. The Balaban J connectivity index is 0.00000144. The van der Waals surface area contributed by atoms with Crippen LogP contribution in [0.1, 0.15) is 18.1 Å². The van der Waals surface area contributed by atoms with Gasteiger partial charge < -0.3 is 10.8 Å². The van der Waals surface area contributed by atoms with Gasteiger partial charge >= 0.3 is 0 Å². The van der Waals surface area contributed by atoms with Gasteiger partial charge in [0.1, 0.15) is 0 Å². The molecule has 17 heavy (non-hydrogen) atoms. The van der Waals surface area contributed by atoms with Crippen LogP contribution in [0.15, 0.2) is 48.5 Å². The number of aryl methyl sites for hydroxylation is 2. The predicted octanol–water partition coefficient (Wildman–Crippen LogP) is 3.34. The van der Waals surface area contributed by atoms with Gasteiger partial charge in [-0.25, -0.2) is 0 Å². The molecule has 0 aromatic heterocycles. The van der Waals surface area contributed by atoms with E-state index < -0.39 is 0 Å². The number of anilines is 1. The monoisotopic (exact) mass is 231 g/mol. The lowest BCUT2D eigenvalue weighted by Crippen LogP contribution is -1.98. The molecule has 0 spiro atoms. The first-order valence-corrected chi connectivity index (χ1v) is 5.60. The fourth-order valence-electron chi connectivity index (χ4n) is 1.58. The van der Waals surface area contributed by atoms with Crippen molar-refractivity contribution in [3.8, 4) is 0 Å². The van der Waals surface area contributed by atoms with Crippen LogP contribution in [0, 0.1) is 13.8 Å². The van der Waals surface area contributed by atoms with Crippen molar-refractivity contribution in [3.63, 3.8) is 0 Å². The summed E-state index contributed by atoms with van der Waals surface area (Å²) >= 11 is 0. The first-order chi connectivity index (χ1) is 7.74. The molecule has 2 heteroatoms. The molecule has 3 N–H and O–H groups in total. The van der Waals surface area contributed by atoms with Crippen LogP contribution in [-0.4, -0.2) is 5.48 Å². The van der Waals surface area contributed by atoms with E-state index in [0.717, 1.165) is 6.54 Å². The van der Waals surface area contributed by atoms with Crippen molar-refractivity contribution in [2.75, 3.05) is 5.32 Å². The molecule has 2 nitrogen and oxygen atoms in total. The molecule has 0 atom stereocenters. The minimum absolute atomic E-state index is 0. The number of rotatable bonds is 3. The molecule has 0 bridgehead atoms. The SMILES string of the molecule is Cc1ccc(CNc2ccc(C)cc2)cc1.O.[HH]. The summed E-state index contributed by atoms with van der Waals surface area (Å²) < 4.78 is 0. The van der Waals surface area contributed by atoms with E-state index in [-0.39, 0.29) is 6.90 Å². The van der Waals surface area contributed by atoms with Gasteiger partial charge in [-0.05, 0) is 31.5 Å². The standard InChI is InChI=1S/C15H17N.H2O.H2/c1-12-3-7-14(8-4-12)11-16-15-9-5-13(2)6-10-15;;/h3-10,16H,11H2,1-2H3;1H2;1H. The van der Waals surface area contributed by atoms with Crippen molar-refractivity contribution in [3.05, 3.63) is 65.2 Å². The lowest BCUT2D eigenvalue weighted by molar-refractivity contribution is 0.824. The fraction of sp³-hybridized carbons (Fsp3) is 0.200. The highest BCUT2D eigenvalue weighted by Crippen LogP contribution is 2.11. The molecule has 2 aromatic carbocycles. The Morgan fingerprint density at radius 1 is 0.824 bits per heavy atom. The molecule has 0 saturated carbocycles. The Morgan fingerprint density at radius 3 is 1.82 bits per heavy atom. The van der Waals surface area contributed by atoms with Gasteiger partial charge in [0.05, 0.1) is 0 Å². The topological polar surface area (TPSA) is 43.5 Å². The molecular formula is C15H21NO. The molecular weight excluding hydrogens is 210 g/mol.